The van der Waals surface area contributed by atoms with Gasteiger partial charge in [0.25, 0.3) is 0 Å². The lowest BCUT2D eigenvalue weighted by atomic mass is 10.1. The van der Waals surface area contributed by atoms with Crippen molar-refractivity contribution in [2.45, 2.75) is 12.5 Å². The van der Waals surface area contributed by atoms with Crippen molar-refractivity contribution < 1.29 is 9.13 Å². The maximum absolute atomic E-state index is 13.8. The minimum atomic E-state index is -0.455. The maximum Gasteiger partial charge on any atom is 0.138 e. The fourth-order valence-electron chi connectivity index (χ4n) is 1.70. The van der Waals surface area contributed by atoms with Crippen LogP contribution in [0, 0.1) is 17.1 Å². The summed E-state index contributed by atoms with van der Waals surface area (Å²) in [4.78, 5) is 0. The Balaban J connectivity index is 2.19. The second kappa shape index (κ2) is 6.74. The van der Waals surface area contributed by atoms with E-state index in [1.54, 1.807) is 12.1 Å². The molecular weight excluding hydrogens is 345 g/mol. The van der Waals surface area contributed by atoms with Gasteiger partial charge in [-0.2, -0.15) is 5.26 Å². The van der Waals surface area contributed by atoms with Crippen molar-refractivity contribution in [2.75, 3.05) is 0 Å². The normalized spacial score (nSPS) is 10.1. The molecule has 5 heteroatoms. The number of benzene rings is 2. The lowest BCUT2D eigenvalue weighted by molar-refractivity contribution is 0.295. The highest BCUT2D eigenvalue weighted by molar-refractivity contribution is 9.10. The number of hydrogen-bond donors (Lipinski definition) is 0. The lowest BCUT2D eigenvalue weighted by Crippen LogP contribution is -2.01. The zero-order valence-electron chi connectivity index (χ0n) is 10.4. The molecule has 0 N–H and O–H groups in total. The van der Waals surface area contributed by atoms with Gasteiger partial charge >= 0.3 is 0 Å². The molecule has 0 saturated heterocycles. The third-order valence-electron chi connectivity index (χ3n) is 2.75. The molecule has 0 radical (unpaired) electrons. The van der Waals surface area contributed by atoms with Crippen LogP contribution >= 0.6 is 27.5 Å². The summed E-state index contributed by atoms with van der Waals surface area (Å²) in [5.41, 5.74) is 1.50. The highest BCUT2D eigenvalue weighted by atomic mass is 79.9. The Morgan fingerprint density at radius 2 is 2.05 bits per heavy atom. The van der Waals surface area contributed by atoms with Crippen LogP contribution in [0.3, 0.4) is 0 Å². The summed E-state index contributed by atoms with van der Waals surface area (Å²) in [5.74, 6) is 0.458. The standard InChI is InChI=1S/C15H10BrClFNO/c16-13-3-1-2-11(7-17)15(13)20-9-12-5-4-10(8-19)6-14(12)18/h1-6H,7,9H2. The van der Waals surface area contributed by atoms with E-state index in [-0.39, 0.29) is 12.2 Å². The van der Waals surface area contributed by atoms with Crippen LogP contribution in [0.5, 0.6) is 5.75 Å². The van der Waals surface area contributed by atoms with Crippen LogP contribution in [0.15, 0.2) is 40.9 Å². The van der Waals surface area contributed by atoms with Crippen molar-refractivity contribution in [3.63, 3.8) is 0 Å². The molecule has 0 bridgehead atoms. The Hall–Kier alpha value is -1.57. The van der Waals surface area contributed by atoms with Crippen LogP contribution in [-0.2, 0) is 12.5 Å². The van der Waals surface area contributed by atoms with Gasteiger partial charge in [-0.3, -0.25) is 0 Å². The zero-order chi connectivity index (χ0) is 14.5. The summed E-state index contributed by atoms with van der Waals surface area (Å²) in [6.45, 7) is 0.0735. The minimum absolute atomic E-state index is 0.0735. The average molecular weight is 355 g/mol. The minimum Gasteiger partial charge on any atom is -0.487 e. The van der Waals surface area contributed by atoms with Crippen LogP contribution < -0.4 is 4.74 Å². The molecule has 2 aromatic rings. The summed E-state index contributed by atoms with van der Waals surface area (Å²) in [6, 6.07) is 11.7. The number of ether oxygens (including phenoxy) is 1. The Morgan fingerprint density at radius 1 is 1.25 bits per heavy atom. The fourth-order valence-corrected chi connectivity index (χ4v) is 2.44. The van der Waals surface area contributed by atoms with Crippen molar-refractivity contribution in [2.24, 2.45) is 0 Å². The predicted octanol–water partition coefficient (Wildman–Crippen LogP) is 4.78. The molecule has 0 aliphatic carbocycles. The number of para-hydroxylation sites is 1. The average Bonchev–Trinajstić information content (AvgIpc) is 2.46. The molecule has 0 heterocycles. The van der Waals surface area contributed by atoms with E-state index < -0.39 is 5.82 Å². The second-order valence-corrected chi connectivity index (χ2v) is 5.19. The Kier molecular flexibility index (Phi) is 4.99. The highest BCUT2D eigenvalue weighted by Crippen LogP contribution is 2.31. The Bertz CT molecular complexity index is 669. The van der Waals surface area contributed by atoms with E-state index in [9.17, 15) is 4.39 Å². The molecule has 0 aliphatic heterocycles. The SMILES string of the molecule is N#Cc1ccc(COc2c(Br)cccc2CCl)c(F)c1. The third-order valence-corrected chi connectivity index (χ3v) is 3.66. The van der Waals surface area contributed by atoms with Crippen LogP contribution in [0.1, 0.15) is 16.7 Å². The van der Waals surface area contributed by atoms with E-state index in [1.807, 2.05) is 24.3 Å². The molecule has 0 spiro atoms. The smallest absolute Gasteiger partial charge is 0.138 e. The number of nitrogens with zero attached hydrogens (tertiary/aromatic N) is 1. The van der Waals surface area contributed by atoms with Gasteiger partial charge in [-0.15, -0.1) is 11.6 Å². The summed E-state index contributed by atoms with van der Waals surface area (Å²) < 4.78 is 20.2. The molecule has 0 aliphatic rings. The van der Waals surface area contributed by atoms with Gasteiger partial charge in [-0.1, -0.05) is 18.2 Å². The number of hydrogen-bond acceptors (Lipinski definition) is 2. The molecule has 2 aromatic carbocycles. The molecule has 0 fully saturated rings. The number of halogens is 3. The van der Waals surface area contributed by atoms with Crippen molar-refractivity contribution in [3.05, 3.63) is 63.4 Å². The first kappa shape index (κ1) is 14.8. The molecule has 102 valence electrons. The summed E-state index contributed by atoms with van der Waals surface area (Å²) in [7, 11) is 0. The lowest BCUT2D eigenvalue weighted by Gasteiger charge is -2.12. The first-order valence-corrected chi connectivity index (χ1v) is 7.13. The molecule has 20 heavy (non-hydrogen) atoms. The van der Waals surface area contributed by atoms with Gasteiger partial charge in [0.15, 0.2) is 0 Å². The van der Waals surface area contributed by atoms with Gasteiger partial charge in [-0.05, 0) is 34.1 Å². The van der Waals surface area contributed by atoms with Crippen LogP contribution in [0.4, 0.5) is 4.39 Å². The van der Waals surface area contributed by atoms with Gasteiger partial charge in [-0.25, -0.2) is 4.39 Å². The molecule has 2 nitrogen and oxygen atoms in total. The number of nitriles is 1. The van der Waals surface area contributed by atoms with Gasteiger partial charge in [0.05, 0.1) is 22.0 Å². The van der Waals surface area contributed by atoms with Gasteiger partial charge in [0, 0.05) is 11.1 Å². The molecule has 0 atom stereocenters. The Morgan fingerprint density at radius 3 is 2.70 bits per heavy atom. The third kappa shape index (κ3) is 3.30. The quantitative estimate of drug-likeness (QED) is 0.740. The summed E-state index contributed by atoms with van der Waals surface area (Å²) in [5, 5.41) is 8.70. The first-order chi connectivity index (χ1) is 9.65. The monoisotopic (exact) mass is 353 g/mol. The topological polar surface area (TPSA) is 33.0 Å². The van der Waals surface area contributed by atoms with E-state index in [0.29, 0.717) is 17.2 Å². The highest BCUT2D eigenvalue weighted by Gasteiger charge is 2.10. The zero-order valence-corrected chi connectivity index (χ0v) is 12.7. The van der Waals surface area contributed by atoms with Crippen molar-refractivity contribution in [1.82, 2.24) is 0 Å². The van der Waals surface area contributed by atoms with Crippen molar-refractivity contribution in [3.8, 4) is 11.8 Å². The molecule has 0 aromatic heterocycles. The van der Waals surface area contributed by atoms with E-state index >= 15 is 0 Å². The molecule has 0 unspecified atom stereocenters. The fraction of sp³-hybridized carbons (Fsp3) is 0.133. The molecule has 0 amide bonds. The van der Waals surface area contributed by atoms with E-state index in [4.69, 9.17) is 21.6 Å². The predicted molar refractivity (Wildman–Crippen MR) is 79.1 cm³/mol. The van der Waals surface area contributed by atoms with Crippen LogP contribution in [0.25, 0.3) is 0 Å². The van der Waals surface area contributed by atoms with E-state index in [0.717, 1.165) is 10.0 Å². The van der Waals surface area contributed by atoms with Crippen LogP contribution in [0.2, 0.25) is 0 Å². The van der Waals surface area contributed by atoms with Crippen LogP contribution in [-0.4, -0.2) is 0 Å². The van der Waals surface area contributed by atoms with Crippen molar-refractivity contribution >= 4 is 27.5 Å². The Labute approximate surface area is 129 Å². The van der Waals surface area contributed by atoms with Gasteiger partial charge in [0.1, 0.15) is 18.2 Å². The summed E-state index contributed by atoms with van der Waals surface area (Å²) in [6.07, 6.45) is 0. The largest absolute Gasteiger partial charge is 0.487 e. The molecule has 0 saturated carbocycles. The van der Waals surface area contributed by atoms with Gasteiger partial charge in [0.2, 0.25) is 0 Å². The van der Waals surface area contributed by atoms with E-state index in [1.165, 1.54) is 6.07 Å². The second-order valence-electron chi connectivity index (χ2n) is 4.07. The van der Waals surface area contributed by atoms with Crippen molar-refractivity contribution in [1.29, 1.82) is 5.26 Å². The molecule has 2 rings (SSSR count). The number of alkyl halides is 1. The van der Waals surface area contributed by atoms with Gasteiger partial charge < -0.3 is 4.74 Å². The first-order valence-electron chi connectivity index (χ1n) is 5.80. The molecular formula is C15H10BrClFNO. The maximum atomic E-state index is 13.8. The van der Waals surface area contributed by atoms with E-state index in [2.05, 4.69) is 15.9 Å². The summed E-state index contributed by atoms with van der Waals surface area (Å²) >= 11 is 9.23. The number of rotatable bonds is 4.